The van der Waals surface area contributed by atoms with Gasteiger partial charge in [-0.15, -0.1) is 0 Å². The van der Waals surface area contributed by atoms with Crippen molar-refractivity contribution in [2.75, 3.05) is 0 Å². The first-order valence-corrected chi connectivity index (χ1v) is 13.0. The van der Waals surface area contributed by atoms with E-state index in [9.17, 15) is 0 Å². The summed E-state index contributed by atoms with van der Waals surface area (Å²) in [6.07, 6.45) is 3.73. The SMILES string of the molecule is c1cnc2cc(-c3ccc4c5c3ccc3ccc6c(-c7ccc8cccnc8c7)ccc-4c6c35)ccc2c1. The van der Waals surface area contributed by atoms with Crippen molar-refractivity contribution in [3.05, 3.63) is 122 Å². The Labute approximate surface area is 218 Å². The summed E-state index contributed by atoms with van der Waals surface area (Å²) >= 11 is 0. The van der Waals surface area contributed by atoms with E-state index in [0.717, 1.165) is 21.8 Å². The second-order valence-corrected chi connectivity index (χ2v) is 10.2. The molecular weight excluding hydrogens is 460 g/mol. The summed E-state index contributed by atoms with van der Waals surface area (Å²) in [4.78, 5) is 9.21. The molecule has 0 N–H and O–H groups in total. The van der Waals surface area contributed by atoms with Crippen LogP contribution >= 0.6 is 0 Å². The largest absolute Gasteiger partial charge is 0.256 e. The van der Waals surface area contributed by atoms with Crippen molar-refractivity contribution in [2.24, 2.45) is 0 Å². The van der Waals surface area contributed by atoms with Gasteiger partial charge in [0.05, 0.1) is 11.0 Å². The van der Waals surface area contributed by atoms with Gasteiger partial charge in [-0.2, -0.15) is 0 Å². The molecule has 0 amide bonds. The molecule has 0 radical (unpaired) electrons. The van der Waals surface area contributed by atoms with Crippen LogP contribution in [0.4, 0.5) is 0 Å². The second kappa shape index (κ2) is 7.24. The molecule has 6 aromatic carbocycles. The average molecular weight is 481 g/mol. The second-order valence-electron chi connectivity index (χ2n) is 10.2. The average Bonchev–Trinajstić information content (AvgIpc) is 3.33. The maximum absolute atomic E-state index is 4.61. The van der Waals surface area contributed by atoms with Gasteiger partial charge in [0.2, 0.25) is 0 Å². The van der Waals surface area contributed by atoms with Gasteiger partial charge in [-0.05, 0) is 90.0 Å². The van der Waals surface area contributed by atoms with E-state index in [-0.39, 0.29) is 0 Å². The number of nitrogens with zero attached hydrogens (tertiary/aromatic N) is 2. The predicted molar refractivity (Wildman–Crippen MR) is 159 cm³/mol. The minimum atomic E-state index is 1.03. The van der Waals surface area contributed by atoms with Gasteiger partial charge in [0.1, 0.15) is 0 Å². The van der Waals surface area contributed by atoms with Crippen molar-refractivity contribution in [3.8, 4) is 33.4 Å². The maximum Gasteiger partial charge on any atom is 0.0708 e. The van der Waals surface area contributed by atoms with Crippen LogP contribution in [0.2, 0.25) is 0 Å². The zero-order valence-corrected chi connectivity index (χ0v) is 20.4. The van der Waals surface area contributed by atoms with E-state index in [1.165, 1.54) is 65.7 Å². The molecule has 0 bridgehead atoms. The summed E-state index contributed by atoms with van der Waals surface area (Å²) in [7, 11) is 0. The van der Waals surface area contributed by atoms with E-state index in [2.05, 4.69) is 107 Å². The lowest BCUT2D eigenvalue weighted by Crippen LogP contribution is -1.85. The van der Waals surface area contributed by atoms with E-state index >= 15 is 0 Å². The molecule has 0 fully saturated rings. The van der Waals surface area contributed by atoms with E-state index in [4.69, 9.17) is 0 Å². The first-order valence-electron chi connectivity index (χ1n) is 13.0. The number of pyridine rings is 2. The molecule has 174 valence electrons. The smallest absolute Gasteiger partial charge is 0.0708 e. The Hall–Kier alpha value is -5.08. The Bertz CT molecular complexity index is 2140. The third kappa shape index (κ3) is 2.61. The predicted octanol–water partition coefficient (Wildman–Crippen LogP) is 9.56. The van der Waals surface area contributed by atoms with Crippen LogP contribution in [-0.2, 0) is 0 Å². The molecular formula is C36H20N2. The minimum Gasteiger partial charge on any atom is -0.256 e. The van der Waals surface area contributed by atoms with Crippen LogP contribution in [0, 0.1) is 0 Å². The molecule has 2 heterocycles. The summed E-state index contributed by atoms with van der Waals surface area (Å²) in [5.74, 6) is 0. The normalized spacial score (nSPS) is 12.2. The highest BCUT2D eigenvalue weighted by Crippen LogP contribution is 2.51. The number of hydrogen-bond acceptors (Lipinski definition) is 2. The molecule has 38 heavy (non-hydrogen) atoms. The molecule has 0 aliphatic heterocycles. The van der Waals surface area contributed by atoms with Crippen LogP contribution in [0.25, 0.3) is 87.5 Å². The molecule has 2 aromatic heterocycles. The van der Waals surface area contributed by atoms with Gasteiger partial charge in [-0.1, -0.05) is 84.9 Å². The van der Waals surface area contributed by atoms with Crippen LogP contribution in [0.15, 0.2) is 122 Å². The molecule has 8 aromatic rings. The lowest BCUT2D eigenvalue weighted by Gasteiger charge is -2.11. The van der Waals surface area contributed by atoms with Gasteiger partial charge in [0.15, 0.2) is 0 Å². The molecule has 2 heteroatoms. The van der Waals surface area contributed by atoms with Crippen LogP contribution < -0.4 is 0 Å². The molecule has 0 atom stereocenters. The highest BCUT2D eigenvalue weighted by molar-refractivity contribution is 6.35. The Balaban J connectivity index is 1.33. The van der Waals surface area contributed by atoms with Crippen molar-refractivity contribution < 1.29 is 0 Å². The lowest BCUT2D eigenvalue weighted by molar-refractivity contribution is 1.41. The standard InChI is InChI=1S/C36H20N2/c1-3-21-5-7-24(19-32(21)37-17-1)26-13-15-30-31-16-14-27(25-8-6-22-4-2-18-38-33(22)20-25)29-12-10-23-9-11-28(26)35(30)34(23)36(29)31/h1-20H. The van der Waals surface area contributed by atoms with Crippen molar-refractivity contribution >= 4 is 54.1 Å². The number of rotatable bonds is 2. The summed E-state index contributed by atoms with van der Waals surface area (Å²) in [6, 6.07) is 39.8. The number of benzene rings is 6. The fourth-order valence-electron chi connectivity index (χ4n) is 6.53. The van der Waals surface area contributed by atoms with Gasteiger partial charge < -0.3 is 0 Å². The Morgan fingerprint density at radius 3 is 1.37 bits per heavy atom. The van der Waals surface area contributed by atoms with Crippen LogP contribution in [0.5, 0.6) is 0 Å². The Morgan fingerprint density at radius 1 is 0.368 bits per heavy atom. The van der Waals surface area contributed by atoms with Gasteiger partial charge >= 0.3 is 0 Å². The monoisotopic (exact) mass is 480 g/mol. The molecule has 0 unspecified atom stereocenters. The van der Waals surface area contributed by atoms with Crippen molar-refractivity contribution in [2.45, 2.75) is 0 Å². The molecule has 0 saturated heterocycles. The quantitative estimate of drug-likeness (QED) is 0.230. The van der Waals surface area contributed by atoms with Gasteiger partial charge in [-0.3, -0.25) is 9.97 Å². The molecule has 1 aliphatic carbocycles. The molecule has 0 saturated carbocycles. The summed E-state index contributed by atoms with van der Waals surface area (Å²) in [5.41, 5.74) is 9.62. The molecule has 9 rings (SSSR count). The summed E-state index contributed by atoms with van der Waals surface area (Å²) in [5, 5.41) is 10.3. The van der Waals surface area contributed by atoms with Crippen LogP contribution in [0.3, 0.4) is 0 Å². The Morgan fingerprint density at radius 2 is 0.842 bits per heavy atom. The van der Waals surface area contributed by atoms with Crippen molar-refractivity contribution in [1.82, 2.24) is 9.97 Å². The molecule has 1 aliphatic rings. The van der Waals surface area contributed by atoms with Crippen LogP contribution in [-0.4, -0.2) is 9.97 Å². The third-order valence-electron chi connectivity index (χ3n) is 8.26. The number of aromatic nitrogens is 2. The number of fused-ring (bicyclic) bond motifs is 3. The fraction of sp³-hybridized carbons (Fsp3) is 0. The van der Waals surface area contributed by atoms with Gasteiger partial charge in [0.25, 0.3) is 0 Å². The van der Waals surface area contributed by atoms with E-state index < -0.39 is 0 Å². The summed E-state index contributed by atoms with van der Waals surface area (Å²) < 4.78 is 0. The van der Waals surface area contributed by atoms with E-state index in [0.29, 0.717) is 0 Å². The topological polar surface area (TPSA) is 25.8 Å². The highest BCUT2D eigenvalue weighted by atomic mass is 14.6. The molecule has 0 spiro atoms. The van der Waals surface area contributed by atoms with Gasteiger partial charge in [0, 0.05) is 23.2 Å². The zero-order chi connectivity index (χ0) is 24.8. The minimum absolute atomic E-state index is 1.03. The van der Waals surface area contributed by atoms with E-state index in [1.807, 2.05) is 24.5 Å². The first-order chi connectivity index (χ1) is 18.8. The third-order valence-corrected chi connectivity index (χ3v) is 8.26. The maximum atomic E-state index is 4.61. The lowest BCUT2D eigenvalue weighted by atomic mass is 9.93. The highest BCUT2D eigenvalue weighted by Gasteiger charge is 2.23. The van der Waals surface area contributed by atoms with Crippen molar-refractivity contribution in [3.63, 3.8) is 0 Å². The van der Waals surface area contributed by atoms with Crippen LogP contribution in [0.1, 0.15) is 0 Å². The zero-order valence-electron chi connectivity index (χ0n) is 20.4. The fourth-order valence-corrected chi connectivity index (χ4v) is 6.53. The number of hydrogen-bond donors (Lipinski definition) is 0. The van der Waals surface area contributed by atoms with Gasteiger partial charge in [-0.25, -0.2) is 0 Å². The van der Waals surface area contributed by atoms with Crippen molar-refractivity contribution in [1.29, 1.82) is 0 Å². The van der Waals surface area contributed by atoms with E-state index in [1.54, 1.807) is 0 Å². The molecule has 2 nitrogen and oxygen atoms in total. The Kier molecular flexibility index (Phi) is 3.82. The first kappa shape index (κ1) is 20.0. The summed E-state index contributed by atoms with van der Waals surface area (Å²) in [6.45, 7) is 0.